The van der Waals surface area contributed by atoms with Gasteiger partial charge in [-0.3, -0.25) is 0 Å². The lowest BCUT2D eigenvalue weighted by molar-refractivity contribution is 0.414. The molecular formula is C14H16N2O2. The summed E-state index contributed by atoms with van der Waals surface area (Å²) in [5.74, 6) is 0.903. The molecule has 1 aromatic heterocycles. The second kappa shape index (κ2) is 4.64. The summed E-state index contributed by atoms with van der Waals surface area (Å²) in [4.78, 5) is 0. The van der Waals surface area contributed by atoms with Crippen LogP contribution in [0.2, 0.25) is 0 Å². The number of benzene rings is 1. The lowest BCUT2D eigenvalue weighted by atomic mass is 10.0. The zero-order valence-corrected chi connectivity index (χ0v) is 10.3. The van der Waals surface area contributed by atoms with Crippen LogP contribution in [0.15, 0.2) is 41.2 Å². The minimum atomic E-state index is 0.363. The molecule has 1 aromatic carbocycles. The highest BCUT2D eigenvalue weighted by atomic mass is 16.5. The number of fused-ring (bicyclic) bond motifs is 1. The molecule has 4 heteroatoms. The van der Waals surface area contributed by atoms with Crippen molar-refractivity contribution in [1.82, 2.24) is 0 Å². The summed E-state index contributed by atoms with van der Waals surface area (Å²) >= 11 is 0. The Kier molecular flexibility index (Phi) is 2.84. The lowest BCUT2D eigenvalue weighted by Gasteiger charge is -2.25. The van der Waals surface area contributed by atoms with Gasteiger partial charge in [-0.1, -0.05) is 12.1 Å². The number of ether oxygens (including phenoxy) is 1. The van der Waals surface area contributed by atoms with E-state index in [4.69, 9.17) is 9.15 Å². The van der Waals surface area contributed by atoms with Crippen molar-refractivity contribution in [2.75, 3.05) is 24.3 Å². The van der Waals surface area contributed by atoms with Crippen molar-refractivity contribution in [2.24, 2.45) is 0 Å². The van der Waals surface area contributed by atoms with Gasteiger partial charge in [0.15, 0.2) is 0 Å². The molecular weight excluding hydrogens is 228 g/mol. The average molecular weight is 244 g/mol. The fourth-order valence-electron chi connectivity index (χ4n) is 2.26. The molecule has 18 heavy (non-hydrogen) atoms. The zero-order valence-electron chi connectivity index (χ0n) is 10.3. The third-order valence-corrected chi connectivity index (χ3v) is 3.18. The van der Waals surface area contributed by atoms with Crippen LogP contribution in [0.5, 0.6) is 5.75 Å². The molecule has 1 atom stereocenters. The highest BCUT2D eigenvalue weighted by Gasteiger charge is 2.18. The fraction of sp³-hybridized carbons (Fsp3) is 0.286. The SMILES string of the molecule is COc1cccc(CC2CNc3cocc3N2)c1. The quantitative estimate of drug-likeness (QED) is 0.871. The molecule has 1 aliphatic rings. The zero-order chi connectivity index (χ0) is 12.4. The standard InChI is InChI=1S/C14H16N2O2/c1-17-12-4-2-3-10(6-12)5-11-7-15-13-8-18-9-14(13)16-11/h2-4,6,8-9,11,15-16H,5,7H2,1H3. The predicted octanol–water partition coefficient (Wildman–Crippen LogP) is 2.74. The molecule has 4 nitrogen and oxygen atoms in total. The van der Waals surface area contributed by atoms with Crippen molar-refractivity contribution in [1.29, 1.82) is 0 Å². The Bertz CT molecular complexity index is 536. The summed E-state index contributed by atoms with van der Waals surface area (Å²) in [6, 6.07) is 8.54. The summed E-state index contributed by atoms with van der Waals surface area (Å²) in [7, 11) is 1.69. The van der Waals surface area contributed by atoms with E-state index in [-0.39, 0.29) is 0 Å². The van der Waals surface area contributed by atoms with Gasteiger partial charge in [-0.15, -0.1) is 0 Å². The van der Waals surface area contributed by atoms with Crippen LogP contribution in [-0.2, 0) is 6.42 Å². The van der Waals surface area contributed by atoms with E-state index >= 15 is 0 Å². The maximum absolute atomic E-state index is 5.24. The molecule has 1 unspecified atom stereocenters. The van der Waals surface area contributed by atoms with Gasteiger partial charge < -0.3 is 19.8 Å². The Labute approximate surface area is 106 Å². The van der Waals surface area contributed by atoms with Gasteiger partial charge in [-0.25, -0.2) is 0 Å². The first-order chi connectivity index (χ1) is 8.85. The van der Waals surface area contributed by atoms with E-state index in [0.717, 1.165) is 30.1 Å². The first-order valence-corrected chi connectivity index (χ1v) is 6.04. The van der Waals surface area contributed by atoms with E-state index in [0.29, 0.717) is 6.04 Å². The maximum atomic E-state index is 5.24. The molecule has 2 heterocycles. The molecule has 0 bridgehead atoms. The molecule has 0 aliphatic carbocycles. The third-order valence-electron chi connectivity index (χ3n) is 3.18. The Morgan fingerprint density at radius 1 is 1.33 bits per heavy atom. The third kappa shape index (κ3) is 2.14. The first kappa shape index (κ1) is 11.0. The van der Waals surface area contributed by atoms with Crippen molar-refractivity contribution in [3.63, 3.8) is 0 Å². The Morgan fingerprint density at radius 2 is 2.22 bits per heavy atom. The van der Waals surface area contributed by atoms with E-state index in [2.05, 4.69) is 22.8 Å². The van der Waals surface area contributed by atoms with E-state index < -0.39 is 0 Å². The molecule has 0 amide bonds. The summed E-state index contributed by atoms with van der Waals surface area (Å²) in [5.41, 5.74) is 3.34. The summed E-state index contributed by atoms with van der Waals surface area (Å²) in [5, 5.41) is 6.82. The van der Waals surface area contributed by atoms with Crippen LogP contribution in [0, 0.1) is 0 Å². The number of rotatable bonds is 3. The average Bonchev–Trinajstić information content (AvgIpc) is 2.86. The van der Waals surface area contributed by atoms with Crippen LogP contribution in [0.4, 0.5) is 11.4 Å². The van der Waals surface area contributed by atoms with Gasteiger partial charge in [-0.05, 0) is 24.1 Å². The molecule has 0 radical (unpaired) electrons. The highest BCUT2D eigenvalue weighted by molar-refractivity contribution is 5.69. The maximum Gasteiger partial charge on any atom is 0.119 e. The van der Waals surface area contributed by atoms with E-state index in [9.17, 15) is 0 Å². The largest absolute Gasteiger partial charge is 0.497 e. The van der Waals surface area contributed by atoms with Crippen molar-refractivity contribution in [3.8, 4) is 5.75 Å². The minimum Gasteiger partial charge on any atom is -0.497 e. The number of anilines is 2. The number of hydrogen-bond acceptors (Lipinski definition) is 4. The molecule has 3 rings (SSSR count). The van der Waals surface area contributed by atoms with Crippen molar-refractivity contribution < 1.29 is 9.15 Å². The summed E-state index contributed by atoms with van der Waals surface area (Å²) in [6.07, 6.45) is 4.42. The van der Waals surface area contributed by atoms with Gasteiger partial charge in [0.25, 0.3) is 0 Å². The van der Waals surface area contributed by atoms with Crippen LogP contribution in [0.3, 0.4) is 0 Å². The van der Waals surface area contributed by atoms with Gasteiger partial charge in [0.2, 0.25) is 0 Å². The molecule has 2 aromatic rings. The Morgan fingerprint density at radius 3 is 3.11 bits per heavy atom. The number of hydrogen-bond donors (Lipinski definition) is 2. The van der Waals surface area contributed by atoms with Gasteiger partial charge >= 0.3 is 0 Å². The van der Waals surface area contributed by atoms with E-state index in [1.54, 1.807) is 19.6 Å². The number of furan rings is 1. The van der Waals surface area contributed by atoms with Crippen molar-refractivity contribution in [3.05, 3.63) is 42.4 Å². The van der Waals surface area contributed by atoms with Crippen molar-refractivity contribution in [2.45, 2.75) is 12.5 Å². The second-order valence-corrected chi connectivity index (χ2v) is 4.48. The summed E-state index contributed by atoms with van der Waals surface area (Å²) in [6.45, 7) is 0.893. The fourth-order valence-corrected chi connectivity index (χ4v) is 2.26. The van der Waals surface area contributed by atoms with Crippen LogP contribution in [-0.4, -0.2) is 19.7 Å². The normalized spacial score (nSPS) is 17.5. The molecule has 0 fully saturated rings. The van der Waals surface area contributed by atoms with Crippen molar-refractivity contribution >= 4 is 11.4 Å². The second-order valence-electron chi connectivity index (χ2n) is 4.48. The van der Waals surface area contributed by atoms with E-state index in [1.165, 1.54) is 5.56 Å². The topological polar surface area (TPSA) is 46.4 Å². The predicted molar refractivity (Wildman–Crippen MR) is 71.3 cm³/mol. The molecule has 94 valence electrons. The lowest BCUT2D eigenvalue weighted by Crippen LogP contribution is -2.34. The summed E-state index contributed by atoms with van der Waals surface area (Å²) < 4.78 is 10.4. The van der Waals surface area contributed by atoms with Gasteiger partial charge in [-0.2, -0.15) is 0 Å². The van der Waals surface area contributed by atoms with Crippen LogP contribution < -0.4 is 15.4 Å². The highest BCUT2D eigenvalue weighted by Crippen LogP contribution is 2.28. The smallest absolute Gasteiger partial charge is 0.119 e. The van der Waals surface area contributed by atoms with Crippen LogP contribution in [0.1, 0.15) is 5.56 Å². The molecule has 1 aliphatic heterocycles. The number of nitrogens with one attached hydrogen (secondary N) is 2. The molecule has 0 saturated heterocycles. The van der Waals surface area contributed by atoms with Crippen LogP contribution in [0.25, 0.3) is 0 Å². The van der Waals surface area contributed by atoms with E-state index in [1.807, 2.05) is 12.1 Å². The van der Waals surface area contributed by atoms with Crippen LogP contribution >= 0.6 is 0 Å². The Hall–Kier alpha value is -2.10. The Balaban J connectivity index is 1.70. The monoisotopic (exact) mass is 244 g/mol. The molecule has 0 saturated carbocycles. The number of methoxy groups -OCH3 is 1. The van der Waals surface area contributed by atoms with Gasteiger partial charge in [0.05, 0.1) is 18.5 Å². The minimum absolute atomic E-state index is 0.363. The van der Waals surface area contributed by atoms with Gasteiger partial charge in [0.1, 0.15) is 18.3 Å². The van der Waals surface area contributed by atoms with Gasteiger partial charge in [0, 0.05) is 12.6 Å². The first-order valence-electron chi connectivity index (χ1n) is 6.04. The molecule has 2 N–H and O–H groups in total. The molecule has 0 spiro atoms.